The van der Waals surface area contributed by atoms with Gasteiger partial charge in [0.25, 0.3) is 0 Å². The zero-order valence-electron chi connectivity index (χ0n) is 41.2. The van der Waals surface area contributed by atoms with Gasteiger partial charge in [-0.2, -0.15) is 0 Å². The topological polar surface area (TPSA) is 6.48 Å². The van der Waals surface area contributed by atoms with Crippen LogP contribution in [-0.4, -0.2) is 0 Å². The summed E-state index contributed by atoms with van der Waals surface area (Å²) in [6.45, 7) is 8.82. The summed E-state index contributed by atoms with van der Waals surface area (Å²) in [5.41, 5.74) is 19.3. The molecule has 2 heteroatoms. The van der Waals surface area contributed by atoms with E-state index in [1.165, 1.54) is 115 Å². The molecule has 0 aromatic heterocycles. The van der Waals surface area contributed by atoms with Crippen molar-refractivity contribution < 1.29 is 0 Å². The zero-order valence-corrected chi connectivity index (χ0v) is 41.2. The molecule has 13 rings (SSSR count). The van der Waals surface area contributed by atoms with Gasteiger partial charge in [-0.25, -0.2) is 0 Å². The predicted octanol–water partition coefficient (Wildman–Crippen LogP) is 19.9. The van der Waals surface area contributed by atoms with Gasteiger partial charge < -0.3 is 9.80 Å². The lowest BCUT2D eigenvalue weighted by Crippen LogP contribution is -2.12. The molecular weight excluding hydrogens is 869 g/mol. The molecule has 0 aliphatic heterocycles. The van der Waals surface area contributed by atoms with Gasteiger partial charge in [-0.3, -0.25) is 0 Å². The van der Waals surface area contributed by atoms with E-state index in [2.05, 4.69) is 268 Å². The molecule has 0 heterocycles. The van der Waals surface area contributed by atoms with Crippen molar-refractivity contribution in [1.82, 2.24) is 0 Å². The van der Waals surface area contributed by atoms with Gasteiger partial charge in [0.15, 0.2) is 0 Å². The summed E-state index contributed by atoms with van der Waals surface area (Å²) in [5, 5.41) is 12.2. The summed E-state index contributed by atoms with van der Waals surface area (Å²) in [6.07, 6.45) is 6.67. The van der Waals surface area contributed by atoms with Gasteiger partial charge in [-0.15, -0.1) is 0 Å². The number of anilines is 6. The first-order valence-corrected chi connectivity index (χ1v) is 25.3. The smallest absolute Gasteiger partial charge is 0.0468 e. The van der Waals surface area contributed by atoms with Gasteiger partial charge in [-0.1, -0.05) is 146 Å². The van der Waals surface area contributed by atoms with E-state index in [9.17, 15) is 0 Å². The van der Waals surface area contributed by atoms with Gasteiger partial charge in [0.2, 0.25) is 0 Å². The Morgan fingerprint density at radius 1 is 0.306 bits per heavy atom. The summed E-state index contributed by atoms with van der Waals surface area (Å²) in [5.74, 6) is 0. The number of fused-ring (bicyclic) bond motifs is 6. The normalized spacial score (nSPS) is 12.3. The number of nitrogens with zero attached hydrogens (tertiary/aromatic N) is 2. The first-order valence-electron chi connectivity index (χ1n) is 25.3. The van der Waals surface area contributed by atoms with Crippen LogP contribution >= 0.6 is 0 Å². The number of rotatable bonds is 8. The molecule has 1 aliphatic rings. The largest absolute Gasteiger partial charge is 0.310 e. The van der Waals surface area contributed by atoms with Crippen molar-refractivity contribution in [3.05, 3.63) is 258 Å². The molecule has 0 amide bonds. The second kappa shape index (κ2) is 17.6. The summed E-state index contributed by atoms with van der Waals surface area (Å²) in [6, 6.07) is 82.4. The second-order valence-electron chi connectivity index (χ2n) is 20.1. The molecule has 0 N–H and O–H groups in total. The SMILES string of the molecule is Cc1cc(C)cc(N(c2ccc3c(c2)CCC=C3)c2ccc3c(-c4ccc5ccccc5c4)c4cc(N(c5cc(C)cc(C)c5)c5ccc6ccccc6c5)ccc4c(-c4ccc5ccccc5c4)c3c2)c1. The van der Waals surface area contributed by atoms with E-state index in [-0.39, 0.29) is 0 Å². The van der Waals surface area contributed by atoms with E-state index >= 15 is 0 Å². The van der Waals surface area contributed by atoms with Crippen LogP contribution < -0.4 is 9.80 Å². The van der Waals surface area contributed by atoms with E-state index in [4.69, 9.17) is 0 Å². The standard InChI is InChI=1S/C70H54N2/c1-45-33-46(2)36-63(35-45)71(59-27-25-51-15-7-11-19-55(51)41-59)61-29-31-65-67(43-61)69(57-23-21-49-13-5-9-17-53(49)39-57)66-32-30-62(44-68(66)70(65)58-24-22-50-14-6-10-18-54(50)40-58)72(64-37-47(3)34-48(4)38-64)60-28-26-52-16-8-12-20-56(52)42-60/h5-11,13-19,21-44H,12,20H2,1-4H3. The summed E-state index contributed by atoms with van der Waals surface area (Å²) >= 11 is 0. The summed E-state index contributed by atoms with van der Waals surface area (Å²) in [4.78, 5) is 4.94. The first kappa shape index (κ1) is 43.3. The molecule has 2 nitrogen and oxygen atoms in total. The fraction of sp³-hybridized carbons (Fsp3) is 0.0857. The molecule has 344 valence electrons. The summed E-state index contributed by atoms with van der Waals surface area (Å²) in [7, 11) is 0. The Bertz CT molecular complexity index is 4130. The van der Waals surface area contributed by atoms with Crippen molar-refractivity contribution in [3.63, 3.8) is 0 Å². The Labute approximate surface area is 422 Å². The third-order valence-electron chi connectivity index (χ3n) is 14.9. The summed E-state index contributed by atoms with van der Waals surface area (Å²) < 4.78 is 0. The Morgan fingerprint density at radius 2 is 0.708 bits per heavy atom. The Morgan fingerprint density at radius 3 is 1.21 bits per heavy atom. The number of benzene rings is 12. The average molecular weight is 923 g/mol. The highest BCUT2D eigenvalue weighted by atomic mass is 15.1. The number of aryl methyl sites for hydroxylation is 5. The maximum atomic E-state index is 2.48. The highest BCUT2D eigenvalue weighted by molar-refractivity contribution is 6.23. The molecule has 0 fully saturated rings. The quantitative estimate of drug-likeness (QED) is 0.140. The van der Waals surface area contributed by atoms with Crippen LogP contribution in [0.15, 0.2) is 224 Å². The molecule has 72 heavy (non-hydrogen) atoms. The van der Waals surface area contributed by atoms with Crippen LogP contribution in [-0.2, 0) is 6.42 Å². The molecule has 0 bridgehead atoms. The minimum Gasteiger partial charge on any atom is -0.310 e. The lowest BCUT2D eigenvalue weighted by atomic mass is 9.84. The monoisotopic (exact) mass is 922 g/mol. The van der Waals surface area contributed by atoms with Crippen LogP contribution in [0.5, 0.6) is 0 Å². The van der Waals surface area contributed by atoms with Gasteiger partial charge in [0, 0.05) is 34.1 Å². The minimum absolute atomic E-state index is 1.04. The highest BCUT2D eigenvalue weighted by Gasteiger charge is 2.24. The van der Waals surface area contributed by atoms with E-state index in [1.54, 1.807) is 0 Å². The Hall–Kier alpha value is -8.72. The van der Waals surface area contributed by atoms with Crippen molar-refractivity contribution in [2.24, 2.45) is 0 Å². The van der Waals surface area contributed by atoms with E-state index in [1.807, 2.05) is 0 Å². The van der Waals surface area contributed by atoms with Crippen LogP contribution in [0.2, 0.25) is 0 Å². The molecule has 1 aliphatic carbocycles. The molecule has 0 saturated carbocycles. The maximum absolute atomic E-state index is 2.48. The third kappa shape index (κ3) is 7.77. The second-order valence-corrected chi connectivity index (χ2v) is 20.1. The molecule has 0 radical (unpaired) electrons. The lowest BCUT2D eigenvalue weighted by molar-refractivity contribution is 0.984. The maximum Gasteiger partial charge on any atom is 0.0468 e. The Kier molecular flexibility index (Phi) is 10.6. The van der Waals surface area contributed by atoms with Crippen LogP contribution in [0.3, 0.4) is 0 Å². The number of hydrogen-bond donors (Lipinski definition) is 0. The number of hydrogen-bond acceptors (Lipinski definition) is 2. The molecule has 0 unspecified atom stereocenters. The molecule has 12 aromatic rings. The zero-order chi connectivity index (χ0) is 48.5. The molecule has 0 saturated heterocycles. The van der Waals surface area contributed by atoms with Crippen LogP contribution in [0.25, 0.3) is 82.2 Å². The van der Waals surface area contributed by atoms with Crippen LogP contribution in [0.4, 0.5) is 34.1 Å². The van der Waals surface area contributed by atoms with Crippen molar-refractivity contribution >= 4 is 94.1 Å². The van der Waals surface area contributed by atoms with Gasteiger partial charge >= 0.3 is 0 Å². The highest BCUT2D eigenvalue weighted by Crippen LogP contribution is 2.49. The first-order chi connectivity index (χ1) is 35.3. The van der Waals surface area contributed by atoms with E-state index in [0.717, 1.165) is 41.3 Å². The van der Waals surface area contributed by atoms with Crippen LogP contribution in [0, 0.1) is 27.7 Å². The molecular formula is C70H54N2. The molecule has 12 aromatic carbocycles. The third-order valence-corrected chi connectivity index (χ3v) is 14.9. The fourth-order valence-corrected chi connectivity index (χ4v) is 11.7. The molecule has 0 atom stereocenters. The minimum atomic E-state index is 1.04. The van der Waals surface area contributed by atoms with Crippen molar-refractivity contribution in [1.29, 1.82) is 0 Å². The van der Waals surface area contributed by atoms with Gasteiger partial charge in [0.05, 0.1) is 0 Å². The fourth-order valence-electron chi connectivity index (χ4n) is 11.7. The Balaban J connectivity index is 1.14. The van der Waals surface area contributed by atoms with Crippen molar-refractivity contribution in [3.8, 4) is 22.3 Å². The van der Waals surface area contributed by atoms with E-state index in [0.29, 0.717) is 0 Å². The van der Waals surface area contributed by atoms with Gasteiger partial charge in [-0.05, 0) is 235 Å². The average Bonchev–Trinajstić information content (AvgIpc) is 3.39. The van der Waals surface area contributed by atoms with Gasteiger partial charge in [0.1, 0.15) is 0 Å². The number of allylic oxidation sites excluding steroid dienone is 1. The molecule has 0 spiro atoms. The predicted molar refractivity (Wildman–Crippen MR) is 311 cm³/mol. The lowest BCUT2D eigenvalue weighted by Gasteiger charge is -2.29. The van der Waals surface area contributed by atoms with Crippen molar-refractivity contribution in [2.75, 3.05) is 9.80 Å². The van der Waals surface area contributed by atoms with E-state index < -0.39 is 0 Å². The van der Waals surface area contributed by atoms with Crippen LogP contribution in [0.1, 0.15) is 39.8 Å². The van der Waals surface area contributed by atoms with Crippen molar-refractivity contribution in [2.45, 2.75) is 40.5 Å².